The van der Waals surface area contributed by atoms with Crippen LogP contribution in [0.15, 0.2) is 78.9 Å². The second-order valence-corrected chi connectivity index (χ2v) is 9.72. The highest BCUT2D eigenvalue weighted by Crippen LogP contribution is 2.49. The van der Waals surface area contributed by atoms with Gasteiger partial charge >= 0.3 is 5.97 Å². The molecule has 0 spiro atoms. The first-order valence-electron chi connectivity index (χ1n) is 11.9. The van der Waals surface area contributed by atoms with Crippen molar-refractivity contribution in [2.24, 2.45) is 11.8 Å². The second-order valence-electron chi connectivity index (χ2n) is 9.28. The first-order valence-corrected chi connectivity index (χ1v) is 12.2. The summed E-state index contributed by atoms with van der Waals surface area (Å²) in [6.45, 7) is 1.29. The summed E-state index contributed by atoms with van der Waals surface area (Å²) in [6, 6.07) is 19.1. The minimum absolute atomic E-state index is 0.243. The van der Waals surface area contributed by atoms with Gasteiger partial charge in [0.25, 0.3) is 0 Å². The van der Waals surface area contributed by atoms with Gasteiger partial charge in [0.2, 0.25) is 11.8 Å². The van der Waals surface area contributed by atoms with Crippen molar-refractivity contribution < 1.29 is 23.9 Å². The number of hydrogen-bond acceptors (Lipinski definition) is 6. The van der Waals surface area contributed by atoms with Crippen molar-refractivity contribution in [3.63, 3.8) is 0 Å². The van der Waals surface area contributed by atoms with E-state index in [4.69, 9.17) is 16.3 Å². The number of benzene rings is 3. The zero-order valence-corrected chi connectivity index (χ0v) is 20.5. The molecule has 3 aliphatic rings. The zero-order valence-electron chi connectivity index (χ0n) is 19.7. The lowest BCUT2D eigenvalue weighted by Crippen LogP contribution is -2.48. The van der Waals surface area contributed by atoms with E-state index >= 15 is 0 Å². The molecule has 7 nitrogen and oxygen atoms in total. The maximum absolute atomic E-state index is 14.0. The van der Waals surface area contributed by atoms with Crippen LogP contribution in [0.1, 0.15) is 22.8 Å². The molecule has 37 heavy (non-hydrogen) atoms. The van der Waals surface area contributed by atoms with Gasteiger partial charge in [0.1, 0.15) is 11.8 Å². The third-order valence-electron chi connectivity index (χ3n) is 7.17. The fourth-order valence-corrected chi connectivity index (χ4v) is 5.81. The predicted molar refractivity (Wildman–Crippen MR) is 139 cm³/mol. The van der Waals surface area contributed by atoms with Gasteiger partial charge < -0.3 is 9.64 Å². The van der Waals surface area contributed by atoms with Gasteiger partial charge in [0.05, 0.1) is 23.6 Å². The van der Waals surface area contributed by atoms with E-state index in [1.54, 1.807) is 36.4 Å². The van der Waals surface area contributed by atoms with Crippen LogP contribution in [0, 0.1) is 11.8 Å². The maximum Gasteiger partial charge on any atom is 0.308 e. The first kappa shape index (κ1) is 23.2. The van der Waals surface area contributed by atoms with Gasteiger partial charge in [-0.05, 0) is 60.2 Å². The van der Waals surface area contributed by atoms with E-state index in [1.165, 1.54) is 19.1 Å². The number of hydrogen-bond donors (Lipinski definition) is 0. The van der Waals surface area contributed by atoms with Crippen LogP contribution in [0.5, 0.6) is 5.75 Å². The molecule has 0 N–H and O–H groups in total. The Kier molecular flexibility index (Phi) is 5.46. The lowest BCUT2D eigenvalue weighted by molar-refractivity contribution is -0.132. The first-order chi connectivity index (χ1) is 17.8. The van der Waals surface area contributed by atoms with E-state index in [-0.39, 0.29) is 11.7 Å². The van der Waals surface area contributed by atoms with Crippen molar-refractivity contribution in [3.8, 4) is 5.75 Å². The van der Waals surface area contributed by atoms with Gasteiger partial charge in [-0.1, -0.05) is 42.0 Å². The molecule has 0 aliphatic carbocycles. The van der Waals surface area contributed by atoms with Gasteiger partial charge in [-0.15, -0.1) is 0 Å². The third-order valence-corrected chi connectivity index (χ3v) is 7.42. The molecule has 2 fully saturated rings. The third kappa shape index (κ3) is 3.65. The molecule has 184 valence electrons. The molecule has 8 heteroatoms. The molecule has 2 amide bonds. The van der Waals surface area contributed by atoms with Crippen LogP contribution in [0.25, 0.3) is 6.08 Å². The van der Waals surface area contributed by atoms with E-state index < -0.39 is 35.8 Å². The molecule has 0 unspecified atom stereocenters. The number of halogens is 1. The average molecular weight is 513 g/mol. The minimum Gasteiger partial charge on any atom is -0.427 e. The topological polar surface area (TPSA) is 84.0 Å². The van der Waals surface area contributed by atoms with Gasteiger partial charge in [0, 0.05) is 23.2 Å². The smallest absolute Gasteiger partial charge is 0.308 e. The number of ether oxygens (including phenoxy) is 1. The van der Waals surface area contributed by atoms with E-state index in [9.17, 15) is 19.2 Å². The SMILES string of the molecule is CC(=O)Oc1ccc(N2C(=O)[C@@H]3[C@H](C2=O)[C@@H]2C=Cc4ccccc4N2[C@@H]3C(=O)c2ccc(Cl)cc2)cc1. The molecule has 0 aromatic heterocycles. The Hall–Kier alpha value is -4.23. The number of para-hydroxylation sites is 1. The molecular formula is C29H21ClN2O5. The monoisotopic (exact) mass is 512 g/mol. The van der Waals surface area contributed by atoms with Crippen LogP contribution in [0.4, 0.5) is 11.4 Å². The molecule has 6 rings (SSSR count). The number of esters is 1. The Bertz CT molecular complexity index is 1480. The lowest BCUT2D eigenvalue weighted by Gasteiger charge is -2.36. The Balaban J connectivity index is 1.43. The van der Waals surface area contributed by atoms with Crippen molar-refractivity contribution in [3.05, 3.63) is 95.0 Å². The van der Waals surface area contributed by atoms with Crippen LogP contribution in [0.3, 0.4) is 0 Å². The van der Waals surface area contributed by atoms with Crippen LogP contribution >= 0.6 is 11.6 Å². The molecule has 0 saturated carbocycles. The summed E-state index contributed by atoms with van der Waals surface area (Å²) in [6.07, 6.45) is 3.85. The fraction of sp³-hybridized carbons (Fsp3) is 0.172. The molecule has 3 aromatic rings. The van der Waals surface area contributed by atoms with Crippen LogP contribution < -0.4 is 14.5 Å². The Morgan fingerprint density at radius 2 is 1.54 bits per heavy atom. The number of ketones is 1. The molecule has 0 bridgehead atoms. The number of nitrogens with zero attached hydrogens (tertiary/aromatic N) is 2. The van der Waals surface area contributed by atoms with Crippen molar-refractivity contribution in [2.75, 3.05) is 9.80 Å². The summed E-state index contributed by atoms with van der Waals surface area (Å²) in [7, 11) is 0. The predicted octanol–water partition coefficient (Wildman–Crippen LogP) is 4.54. The number of carbonyl (C=O) groups is 4. The van der Waals surface area contributed by atoms with E-state index in [1.807, 2.05) is 41.3 Å². The summed E-state index contributed by atoms with van der Waals surface area (Å²) in [4.78, 5) is 56.0. The normalized spacial score (nSPS) is 23.5. The second kappa shape index (κ2) is 8.71. The Morgan fingerprint density at radius 3 is 2.24 bits per heavy atom. The number of Topliss-reactive ketones (excluding diaryl/α,β-unsaturated/α-hetero) is 1. The largest absolute Gasteiger partial charge is 0.427 e. The van der Waals surface area contributed by atoms with Gasteiger partial charge in [0.15, 0.2) is 5.78 Å². The fourth-order valence-electron chi connectivity index (χ4n) is 5.68. The lowest BCUT2D eigenvalue weighted by atomic mass is 9.86. The molecule has 3 aliphatic heterocycles. The molecule has 3 heterocycles. The maximum atomic E-state index is 14.0. The number of imide groups is 1. The number of anilines is 2. The number of fused-ring (bicyclic) bond motifs is 5. The van der Waals surface area contributed by atoms with Crippen LogP contribution in [0.2, 0.25) is 5.02 Å². The van der Waals surface area contributed by atoms with E-state index in [0.717, 1.165) is 16.2 Å². The molecule has 2 saturated heterocycles. The minimum atomic E-state index is -0.871. The van der Waals surface area contributed by atoms with Crippen LogP contribution in [-0.2, 0) is 14.4 Å². The van der Waals surface area contributed by atoms with Gasteiger partial charge in [-0.25, -0.2) is 4.90 Å². The highest BCUT2D eigenvalue weighted by Gasteiger charge is 2.64. The average Bonchev–Trinajstić information content (AvgIpc) is 3.37. The van der Waals surface area contributed by atoms with Gasteiger partial charge in [-0.2, -0.15) is 0 Å². The summed E-state index contributed by atoms with van der Waals surface area (Å²) < 4.78 is 5.07. The van der Waals surface area contributed by atoms with Crippen molar-refractivity contribution in [1.29, 1.82) is 0 Å². The quantitative estimate of drug-likeness (QED) is 0.221. The number of carbonyl (C=O) groups excluding carboxylic acids is 4. The van der Waals surface area contributed by atoms with E-state index in [0.29, 0.717) is 22.0 Å². The summed E-state index contributed by atoms with van der Waals surface area (Å²) in [5, 5.41) is 0.500. The highest BCUT2D eigenvalue weighted by molar-refractivity contribution is 6.30. The standard InChI is InChI=1S/C29H21ClN2O5/c1-16(33)37-21-13-11-20(12-14-21)31-28(35)24-23-15-8-17-4-2-3-5-22(17)32(23)26(25(24)29(31)36)27(34)18-6-9-19(30)10-7-18/h2-15,23-26H,1H3/t23-,24+,25+,26-/m0/s1. The molecule has 0 radical (unpaired) electrons. The van der Waals surface area contributed by atoms with Crippen molar-refractivity contribution in [2.45, 2.75) is 19.0 Å². The zero-order chi connectivity index (χ0) is 25.8. The molecule has 4 atom stereocenters. The van der Waals surface area contributed by atoms with E-state index in [2.05, 4.69) is 0 Å². The Labute approximate surface area is 217 Å². The number of amides is 2. The molecule has 3 aromatic carbocycles. The summed E-state index contributed by atoms with van der Waals surface area (Å²) >= 11 is 6.05. The van der Waals surface area contributed by atoms with Crippen LogP contribution in [-0.4, -0.2) is 35.7 Å². The number of rotatable bonds is 4. The summed E-state index contributed by atoms with van der Waals surface area (Å²) in [5.74, 6) is -2.79. The summed E-state index contributed by atoms with van der Waals surface area (Å²) in [5.41, 5.74) is 2.52. The molecular weight excluding hydrogens is 492 g/mol. The Morgan fingerprint density at radius 1 is 0.865 bits per heavy atom. The van der Waals surface area contributed by atoms with Gasteiger partial charge in [-0.3, -0.25) is 19.2 Å². The van der Waals surface area contributed by atoms with Crippen molar-refractivity contribution in [1.82, 2.24) is 0 Å². The van der Waals surface area contributed by atoms with Crippen molar-refractivity contribution >= 4 is 52.6 Å². The highest BCUT2D eigenvalue weighted by atomic mass is 35.5.